The summed E-state index contributed by atoms with van der Waals surface area (Å²) in [7, 11) is 0. The molecule has 1 amide bonds. The first-order chi connectivity index (χ1) is 9.66. The Kier molecular flexibility index (Phi) is 3.14. The third-order valence-electron chi connectivity index (χ3n) is 3.73. The predicted molar refractivity (Wildman–Crippen MR) is 77.1 cm³/mol. The van der Waals surface area contributed by atoms with E-state index >= 15 is 0 Å². The molecule has 1 aromatic heterocycles. The molecule has 1 aliphatic heterocycles. The first kappa shape index (κ1) is 12.7. The zero-order valence-corrected chi connectivity index (χ0v) is 11.5. The standard InChI is InChI=1S/C16H16N2O2/c1-10-11(2)20-15-13(10)4-3-5-14(15)16(19)18-12-6-8-17-9-7-12/h3-11H,1-2H3,(H,17,18,19). The van der Waals surface area contributed by atoms with Gasteiger partial charge in [0.2, 0.25) is 0 Å². The van der Waals surface area contributed by atoms with Crippen LogP contribution in [0, 0.1) is 0 Å². The first-order valence-electron chi connectivity index (χ1n) is 6.68. The summed E-state index contributed by atoms with van der Waals surface area (Å²) in [6.07, 6.45) is 3.39. The highest BCUT2D eigenvalue weighted by atomic mass is 16.5. The summed E-state index contributed by atoms with van der Waals surface area (Å²) in [5.74, 6) is 0.854. The van der Waals surface area contributed by atoms with Crippen molar-refractivity contribution in [3.8, 4) is 5.75 Å². The Hall–Kier alpha value is -2.36. The summed E-state index contributed by atoms with van der Waals surface area (Å²) in [5.41, 5.74) is 2.40. The maximum atomic E-state index is 12.4. The number of rotatable bonds is 2. The van der Waals surface area contributed by atoms with E-state index in [0.29, 0.717) is 17.2 Å². The van der Waals surface area contributed by atoms with Crippen LogP contribution in [0.15, 0.2) is 42.7 Å². The molecule has 2 aromatic rings. The largest absolute Gasteiger partial charge is 0.489 e. The Morgan fingerprint density at radius 1 is 1.20 bits per heavy atom. The highest BCUT2D eigenvalue weighted by Gasteiger charge is 2.30. The van der Waals surface area contributed by atoms with Crippen molar-refractivity contribution in [2.45, 2.75) is 25.9 Å². The molecule has 4 heteroatoms. The number of benzene rings is 1. The van der Waals surface area contributed by atoms with Crippen molar-refractivity contribution >= 4 is 11.6 Å². The van der Waals surface area contributed by atoms with Gasteiger partial charge >= 0.3 is 0 Å². The van der Waals surface area contributed by atoms with Crippen molar-refractivity contribution < 1.29 is 9.53 Å². The molecular weight excluding hydrogens is 252 g/mol. The van der Waals surface area contributed by atoms with Crippen molar-refractivity contribution in [3.63, 3.8) is 0 Å². The molecule has 1 aromatic carbocycles. The van der Waals surface area contributed by atoms with Crippen molar-refractivity contribution in [1.29, 1.82) is 0 Å². The van der Waals surface area contributed by atoms with Crippen LogP contribution in [0.1, 0.15) is 35.7 Å². The van der Waals surface area contributed by atoms with Crippen molar-refractivity contribution in [2.75, 3.05) is 5.32 Å². The Morgan fingerprint density at radius 3 is 2.70 bits per heavy atom. The molecule has 2 atom stereocenters. The SMILES string of the molecule is CC1Oc2c(C(=O)Nc3ccncc3)cccc2C1C. The zero-order chi connectivity index (χ0) is 14.1. The fraction of sp³-hybridized carbons (Fsp3) is 0.250. The molecule has 0 spiro atoms. The fourth-order valence-corrected chi connectivity index (χ4v) is 2.40. The highest BCUT2D eigenvalue weighted by molar-refractivity contribution is 6.06. The van der Waals surface area contributed by atoms with Crippen LogP contribution in [0.5, 0.6) is 5.75 Å². The van der Waals surface area contributed by atoms with Gasteiger partial charge in [-0.3, -0.25) is 9.78 Å². The first-order valence-corrected chi connectivity index (χ1v) is 6.68. The predicted octanol–water partition coefficient (Wildman–Crippen LogP) is 3.22. The van der Waals surface area contributed by atoms with Gasteiger partial charge in [-0.05, 0) is 25.1 Å². The van der Waals surface area contributed by atoms with E-state index in [0.717, 1.165) is 11.3 Å². The number of hydrogen-bond acceptors (Lipinski definition) is 3. The topological polar surface area (TPSA) is 51.2 Å². The number of fused-ring (bicyclic) bond motifs is 1. The number of carbonyl (C=O) groups is 1. The fourth-order valence-electron chi connectivity index (χ4n) is 2.40. The lowest BCUT2D eigenvalue weighted by atomic mass is 9.97. The summed E-state index contributed by atoms with van der Waals surface area (Å²) in [4.78, 5) is 16.3. The van der Waals surface area contributed by atoms with Crippen LogP contribution >= 0.6 is 0 Å². The highest BCUT2D eigenvalue weighted by Crippen LogP contribution is 2.40. The van der Waals surface area contributed by atoms with Crippen LogP contribution < -0.4 is 10.1 Å². The Balaban J connectivity index is 1.91. The number of para-hydroxylation sites is 1. The smallest absolute Gasteiger partial charge is 0.259 e. The van der Waals surface area contributed by atoms with Crippen LogP contribution in [-0.4, -0.2) is 17.0 Å². The molecule has 0 bridgehead atoms. The number of aromatic nitrogens is 1. The van der Waals surface area contributed by atoms with E-state index in [1.807, 2.05) is 19.1 Å². The van der Waals surface area contributed by atoms with Gasteiger partial charge in [0.05, 0.1) is 5.56 Å². The van der Waals surface area contributed by atoms with E-state index in [2.05, 4.69) is 17.2 Å². The lowest BCUT2D eigenvalue weighted by Crippen LogP contribution is -2.14. The quantitative estimate of drug-likeness (QED) is 0.909. The van der Waals surface area contributed by atoms with Gasteiger partial charge in [0.15, 0.2) is 0 Å². The molecule has 0 fully saturated rings. The average molecular weight is 268 g/mol. The van der Waals surface area contributed by atoms with Crippen LogP contribution in [0.25, 0.3) is 0 Å². The number of hydrogen-bond donors (Lipinski definition) is 1. The third-order valence-corrected chi connectivity index (χ3v) is 3.73. The number of amides is 1. The summed E-state index contributed by atoms with van der Waals surface area (Å²) in [6, 6.07) is 9.23. The molecule has 1 aliphatic rings. The number of ether oxygens (including phenoxy) is 1. The summed E-state index contributed by atoms with van der Waals surface area (Å²) >= 11 is 0. The van der Waals surface area contributed by atoms with Gasteiger partial charge < -0.3 is 10.1 Å². The zero-order valence-electron chi connectivity index (χ0n) is 11.5. The molecule has 2 heterocycles. The minimum Gasteiger partial charge on any atom is -0.489 e. The Labute approximate surface area is 117 Å². The molecule has 2 unspecified atom stereocenters. The Bertz CT molecular complexity index is 640. The van der Waals surface area contributed by atoms with E-state index in [-0.39, 0.29) is 12.0 Å². The van der Waals surface area contributed by atoms with Gasteiger partial charge in [-0.25, -0.2) is 0 Å². The van der Waals surface area contributed by atoms with Crippen molar-refractivity contribution in [1.82, 2.24) is 4.98 Å². The summed E-state index contributed by atoms with van der Waals surface area (Å²) in [6.45, 7) is 4.14. The monoisotopic (exact) mass is 268 g/mol. The minimum atomic E-state index is -0.158. The van der Waals surface area contributed by atoms with E-state index in [9.17, 15) is 4.79 Å². The number of nitrogens with zero attached hydrogens (tertiary/aromatic N) is 1. The molecule has 0 saturated heterocycles. The number of carbonyl (C=O) groups excluding carboxylic acids is 1. The molecule has 20 heavy (non-hydrogen) atoms. The second kappa shape index (κ2) is 4.96. The molecule has 4 nitrogen and oxygen atoms in total. The number of nitrogens with one attached hydrogen (secondary N) is 1. The molecule has 1 N–H and O–H groups in total. The Morgan fingerprint density at radius 2 is 1.95 bits per heavy atom. The maximum absolute atomic E-state index is 12.4. The average Bonchev–Trinajstić information content (AvgIpc) is 2.75. The van der Waals surface area contributed by atoms with E-state index in [4.69, 9.17) is 4.74 Å². The molecule has 0 saturated carbocycles. The normalized spacial score (nSPS) is 20.1. The van der Waals surface area contributed by atoms with E-state index in [1.165, 1.54) is 0 Å². The van der Waals surface area contributed by atoms with Gasteiger partial charge in [0.1, 0.15) is 11.9 Å². The summed E-state index contributed by atoms with van der Waals surface area (Å²) < 4.78 is 5.84. The lowest BCUT2D eigenvalue weighted by Gasteiger charge is -2.10. The second-order valence-electron chi connectivity index (χ2n) is 5.03. The minimum absolute atomic E-state index is 0.0971. The van der Waals surface area contributed by atoms with E-state index in [1.54, 1.807) is 30.6 Å². The van der Waals surface area contributed by atoms with Gasteiger partial charge in [0, 0.05) is 29.6 Å². The maximum Gasteiger partial charge on any atom is 0.259 e. The number of pyridine rings is 1. The molecule has 102 valence electrons. The van der Waals surface area contributed by atoms with Gasteiger partial charge in [-0.2, -0.15) is 0 Å². The van der Waals surface area contributed by atoms with Crippen LogP contribution in [0.4, 0.5) is 5.69 Å². The molecule has 3 rings (SSSR count). The molecular formula is C16H16N2O2. The van der Waals surface area contributed by atoms with Gasteiger partial charge in [-0.15, -0.1) is 0 Å². The van der Waals surface area contributed by atoms with Gasteiger partial charge in [0.25, 0.3) is 5.91 Å². The molecule has 0 radical (unpaired) electrons. The molecule has 0 aliphatic carbocycles. The second-order valence-corrected chi connectivity index (χ2v) is 5.03. The summed E-state index contributed by atoms with van der Waals surface area (Å²) in [5, 5.41) is 2.86. The number of anilines is 1. The van der Waals surface area contributed by atoms with Crippen LogP contribution in [-0.2, 0) is 0 Å². The van der Waals surface area contributed by atoms with Crippen LogP contribution in [0.2, 0.25) is 0 Å². The van der Waals surface area contributed by atoms with E-state index < -0.39 is 0 Å². The van der Waals surface area contributed by atoms with Gasteiger partial charge in [-0.1, -0.05) is 19.1 Å². The van der Waals surface area contributed by atoms with Crippen molar-refractivity contribution in [3.05, 3.63) is 53.9 Å². The third kappa shape index (κ3) is 2.13. The van der Waals surface area contributed by atoms with Crippen LogP contribution in [0.3, 0.4) is 0 Å². The van der Waals surface area contributed by atoms with Crippen molar-refractivity contribution in [2.24, 2.45) is 0 Å². The lowest BCUT2D eigenvalue weighted by molar-refractivity contribution is 0.102.